The van der Waals surface area contributed by atoms with E-state index in [2.05, 4.69) is 47.5 Å². The number of hydrogen-bond acceptors (Lipinski definition) is 4. The van der Waals surface area contributed by atoms with Crippen LogP contribution in [0.2, 0.25) is 0 Å². The lowest BCUT2D eigenvalue weighted by Gasteiger charge is -2.31. The number of thiazole rings is 1. The zero-order valence-corrected chi connectivity index (χ0v) is 16.5. The fourth-order valence-electron chi connectivity index (χ4n) is 3.73. The van der Waals surface area contributed by atoms with E-state index in [4.69, 9.17) is 4.98 Å². The van der Waals surface area contributed by atoms with E-state index in [0.717, 1.165) is 31.4 Å². The first-order valence-electron chi connectivity index (χ1n) is 9.58. The summed E-state index contributed by atoms with van der Waals surface area (Å²) in [4.78, 5) is 19.5. The number of para-hydroxylation sites is 1. The van der Waals surface area contributed by atoms with Gasteiger partial charge in [0, 0.05) is 19.0 Å². The van der Waals surface area contributed by atoms with Crippen molar-refractivity contribution in [2.75, 3.05) is 19.6 Å². The number of fused-ring (bicyclic) bond motifs is 1. The van der Waals surface area contributed by atoms with Gasteiger partial charge in [-0.25, -0.2) is 4.98 Å². The lowest BCUT2D eigenvalue weighted by atomic mass is 9.99. The maximum atomic E-state index is 12.4. The van der Waals surface area contributed by atoms with Crippen molar-refractivity contribution in [2.45, 2.75) is 32.2 Å². The van der Waals surface area contributed by atoms with Crippen molar-refractivity contribution >= 4 is 27.5 Å². The molecular weight excluding hydrogens is 354 g/mol. The molecule has 4 nitrogen and oxygen atoms in total. The summed E-state index contributed by atoms with van der Waals surface area (Å²) in [6, 6.07) is 16.5. The number of benzene rings is 2. The SMILES string of the molecule is Cc1ccccc1CNC(=O)CN1CCC[C@@H](c2nc3ccccc3s2)C1. The van der Waals surface area contributed by atoms with Gasteiger partial charge in [0.2, 0.25) is 5.91 Å². The number of carbonyl (C=O) groups is 1. The summed E-state index contributed by atoms with van der Waals surface area (Å²) in [6.45, 7) is 5.04. The quantitative estimate of drug-likeness (QED) is 0.726. The maximum absolute atomic E-state index is 12.4. The number of aryl methyl sites for hydroxylation is 1. The van der Waals surface area contributed by atoms with E-state index in [1.807, 2.05) is 18.2 Å². The summed E-state index contributed by atoms with van der Waals surface area (Å²) in [7, 11) is 0. The Labute approximate surface area is 164 Å². The molecule has 5 heteroatoms. The Balaban J connectivity index is 1.34. The van der Waals surface area contributed by atoms with Gasteiger partial charge in [-0.2, -0.15) is 0 Å². The molecule has 2 heterocycles. The summed E-state index contributed by atoms with van der Waals surface area (Å²) in [5.74, 6) is 0.531. The standard InChI is InChI=1S/C22H25N3OS/c1-16-7-2-3-8-17(16)13-23-21(26)15-25-12-6-9-18(14-25)22-24-19-10-4-5-11-20(19)27-22/h2-5,7-8,10-11,18H,6,9,12-15H2,1H3,(H,23,26)/t18-/m1/s1. The van der Waals surface area contributed by atoms with Crippen LogP contribution in [0.5, 0.6) is 0 Å². The van der Waals surface area contributed by atoms with Crippen LogP contribution in [-0.2, 0) is 11.3 Å². The Kier molecular flexibility index (Phi) is 5.50. The molecule has 3 aromatic rings. The molecule has 1 aliphatic rings. The van der Waals surface area contributed by atoms with Crippen LogP contribution in [0.15, 0.2) is 48.5 Å². The van der Waals surface area contributed by atoms with Crippen molar-refractivity contribution in [2.24, 2.45) is 0 Å². The molecule has 4 rings (SSSR count). The maximum Gasteiger partial charge on any atom is 0.234 e. The van der Waals surface area contributed by atoms with E-state index < -0.39 is 0 Å². The molecule has 0 bridgehead atoms. The third kappa shape index (κ3) is 4.37. The molecule has 0 spiro atoms. The molecule has 0 saturated carbocycles. The van der Waals surface area contributed by atoms with Crippen molar-refractivity contribution in [3.63, 3.8) is 0 Å². The Bertz CT molecular complexity index is 903. The van der Waals surface area contributed by atoms with Crippen molar-refractivity contribution in [3.8, 4) is 0 Å². The van der Waals surface area contributed by atoms with Gasteiger partial charge in [-0.05, 0) is 49.6 Å². The second-order valence-corrected chi connectivity index (χ2v) is 8.36. The number of rotatable bonds is 5. The summed E-state index contributed by atoms with van der Waals surface area (Å²) >= 11 is 1.80. The van der Waals surface area contributed by atoms with Crippen LogP contribution < -0.4 is 5.32 Å². The van der Waals surface area contributed by atoms with Crippen LogP contribution in [0.3, 0.4) is 0 Å². The second kappa shape index (κ2) is 8.19. The van der Waals surface area contributed by atoms with Crippen molar-refractivity contribution in [3.05, 3.63) is 64.7 Å². The Morgan fingerprint density at radius 1 is 1.22 bits per heavy atom. The lowest BCUT2D eigenvalue weighted by molar-refractivity contribution is -0.122. The molecule has 1 atom stereocenters. The Morgan fingerprint density at radius 3 is 2.89 bits per heavy atom. The van der Waals surface area contributed by atoms with Crippen LogP contribution in [0.1, 0.15) is 34.9 Å². The third-order valence-electron chi connectivity index (χ3n) is 5.27. The van der Waals surface area contributed by atoms with Gasteiger partial charge in [0.15, 0.2) is 0 Å². The number of nitrogens with one attached hydrogen (secondary N) is 1. The smallest absolute Gasteiger partial charge is 0.234 e. The molecule has 1 aromatic heterocycles. The topological polar surface area (TPSA) is 45.2 Å². The van der Waals surface area contributed by atoms with Gasteiger partial charge in [-0.3, -0.25) is 9.69 Å². The van der Waals surface area contributed by atoms with Crippen molar-refractivity contribution in [1.82, 2.24) is 15.2 Å². The van der Waals surface area contributed by atoms with E-state index in [1.165, 1.54) is 20.8 Å². The van der Waals surface area contributed by atoms with E-state index in [0.29, 0.717) is 19.0 Å². The van der Waals surface area contributed by atoms with Gasteiger partial charge in [-0.1, -0.05) is 36.4 Å². The Hall–Kier alpha value is -2.24. The van der Waals surface area contributed by atoms with E-state index in [-0.39, 0.29) is 5.91 Å². The molecule has 2 aromatic carbocycles. The van der Waals surface area contributed by atoms with Gasteiger partial charge in [-0.15, -0.1) is 11.3 Å². The molecule has 0 unspecified atom stereocenters. The van der Waals surface area contributed by atoms with Crippen molar-refractivity contribution in [1.29, 1.82) is 0 Å². The fraction of sp³-hybridized carbons (Fsp3) is 0.364. The highest BCUT2D eigenvalue weighted by atomic mass is 32.1. The molecule has 140 valence electrons. The first-order chi connectivity index (χ1) is 13.2. The summed E-state index contributed by atoms with van der Waals surface area (Å²) in [6.07, 6.45) is 2.27. The summed E-state index contributed by atoms with van der Waals surface area (Å²) in [5, 5.41) is 4.28. The minimum Gasteiger partial charge on any atom is -0.351 e. The molecule has 1 N–H and O–H groups in total. The molecule has 1 aliphatic heterocycles. The van der Waals surface area contributed by atoms with Crippen LogP contribution in [0.4, 0.5) is 0 Å². The molecule has 1 amide bonds. The monoisotopic (exact) mass is 379 g/mol. The molecule has 0 aliphatic carbocycles. The van der Waals surface area contributed by atoms with Gasteiger partial charge in [0.05, 0.1) is 21.8 Å². The average molecular weight is 380 g/mol. The normalized spacial score (nSPS) is 17.9. The average Bonchev–Trinajstić information content (AvgIpc) is 3.12. The molecule has 1 fully saturated rings. The Morgan fingerprint density at radius 2 is 2.04 bits per heavy atom. The number of carbonyl (C=O) groups excluding carboxylic acids is 1. The van der Waals surface area contributed by atoms with Gasteiger partial charge >= 0.3 is 0 Å². The highest BCUT2D eigenvalue weighted by Gasteiger charge is 2.25. The highest BCUT2D eigenvalue weighted by molar-refractivity contribution is 7.18. The van der Waals surface area contributed by atoms with Crippen LogP contribution >= 0.6 is 11.3 Å². The second-order valence-electron chi connectivity index (χ2n) is 7.30. The van der Waals surface area contributed by atoms with Gasteiger partial charge < -0.3 is 5.32 Å². The number of amides is 1. The molecule has 1 saturated heterocycles. The van der Waals surface area contributed by atoms with Crippen LogP contribution in [0, 0.1) is 6.92 Å². The molecule has 27 heavy (non-hydrogen) atoms. The summed E-state index contributed by atoms with van der Waals surface area (Å²) < 4.78 is 1.25. The first kappa shape index (κ1) is 18.1. The number of aromatic nitrogens is 1. The molecular formula is C22H25N3OS. The minimum atomic E-state index is 0.100. The van der Waals surface area contributed by atoms with Gasteiger partial charge in [0.25, 0.3) is 0 Å². The van der Waals surface area contributed by atoms with Crippen LogP contribution in [0.25, 0.3) is 10.2 Å². The predicted octanol–water partition coefficient (Wildman–Crippen LogP) is 4.10. The fourth-order valence-corrected chi connectivity index (χ4v) is 4.82. The van der Waals surface area contributed by atoms with E-state index >= 15 is 0 Å². The summed E-state index contributed by atoms with van der Waals surface area (Å²) in [5.41, 5.74) is 3.48. The largest absolute Gasteiger partial charge is 0.351 e. The predicted molar refractivity (Wildman–Crippen MR) is 111 cm³/mol. The third-order valence-corrected chi connectivity index (χ3v) is 6.47. The number of hydrogen-bond donors (Lipinski definition) is 1. The van der Waals surface area contributed by atoms with Crippen LogP contribution in [-0.4, -0.2) is 35.4 Å². The zero-order chi connectivity index (χ0) is 18.6. The first-order valence-corrected chi connectivity index (χ1v) is 10.4. The zero-order valence-electron chi connectivity index (χ0n) is 15.6. The van der Waals surface area contributed by atoms with Gasteiger partial charge in [0.1, 0.15) is 0 Å². The highest BCUT2D eigenvalue weighted by Crippen LogP contribution is 2.32. The molecule has 0 radical (unpaired) electrons. The minimum absolute atomic E-state index is 0.100. The van der Waals surface area contributed by atoms with E-state index in [9.17, 15) is 4.79 Å². The lowest BCUT2D eigenvalue weighted by Crippen LogP contribution is -2.41. The van der Waals surface area contributed by atoms with E-state index in [1.54, 1.807) is 11.3 Å². The number of nitrogens with zero attached hydrogens (tertiary/aromatic N) is 2. The number of piperidine rings is 1. The number of likely N-dealkylation sites (tertiary alicyclic amines) is 1. The van der Waals surface area contributed by atoms with Crippen molar-refractivity contribution < 1.29 is 4.79 Å².